The minimum absolute atomic E-state index is 0.153. The van der Waals surface area contributed by atoms with Crippen molar-refractivity contribution >= 4 is 17.4 Å². The van der Waals surface area contributed by atoms with Crippen LogP contribution in [0.2, 0.25) is 0 Å². The summed E-state index contributed by atoms with van der Waals surface area (Å²) >= 11 is 0. The topological polar surface area (TPSA) is 46.2 Å². The summed E-state index contributed by atoms with van der Waals surface area (Å²) < 4.78 is 0. The number of amides is 1. The number of nitrogens with one attached hydrogen (secondary N) is 1. The van der Waals surface area contributed by atoms with Gasteiger partial charge in [0.25, 0.3) is 0 Å². The number of rotatable bonds is 5. The molecule has 3 rings (SSSR count). The smallest absolute Gasteiger partial charge is 0.227 e. The SMILES string of the molecule is O=C(Cc1ccc(NC(=O)C2CCCCC2)cc1)C1CCCCC1. The highest BCUT2D eigenvalue weighted by molar-refractivity contribution is 5.92. The Kier molecular flexibility index (Phi) is 6.06. The second kappa shape index (κ2) is 8.46. The van der Waals surface area contributed by atoms with Gasteiger partial charge < -0.3 is 5.32 Å². The maximum Gasteiger partial charge on any atom is 0.227 e. The van der Waals surface area contributed by atoms with Crippen LogP contribution in [-0.2, 0) is 16.0 Å². The first-order valence-electron chi connectivity index (χ1n) is 9.65. The molecule has 0 aromatic heterocycles. The lowest BCUT2D eigenvalue weighted by molar-refractivity contribution is -0.123. The molecule has 0 spiro atoms. The van der Waals surface area contributed by atoms with Crippen LogP contribution in [0.15, 0.2) is 24.3 Å². The highest BCUT2D eigenvalue weighted by Gasteiger charge is 2.22. The Bertz CT molecular complexity index is 501. The maximum atomic E-state index is 12.4. The monoisotopic (exact) mass is 327 g/mol. The summed E-state index contributed by atoms with van der Waals surface area (Å²) in [6.07, 6.45) is 11.9. The number of hydrogen-bond donors (Lipinski definition) is 1. The zero-order valence-corrected chi connectivity index (χ0v) is 14.6. The summed E-state index contributed by atoms with van der Waals surface area (Å²) in [5.41, 5.74) is 1.90. The van der Waals surface area contributed by atoms with Crippen molar-refractivity contribution in [3.8, 4) is 0 Å². The molecule has 1 N–H and O–H groups in total. The standard InChI is InChI=1S/C21H29NO2/c23-20(17-7-3-1-4-8-17)15-16-11-13-19(14-12-16)22-21(24)18-9-5-2-6-10-18/h11-14,17-18H,1-10,15H2,(H,22,24). The fourth-order valence-electron chi connectivity index (χ4n) is 4.09. The van der Waals surface area contributed by atoms with Crippen molar-refractivity contribution in [1.29, 1.82) is 0 Å². The minimum Gasteiger partial charge on any atom is -0.326 e. The van der Waals surface area contributed by atoms with Crippen molar-refractivity contribution in [2.24, 2.45) is 11.8 Å². The Balaban J connectivity index is 1.51. The van der Waals surface area contributed by atoms with Crippen LogP contribution in [0, 0.1) is 11.8 Å². The van der Waals surface area contributed by atoms with Crippen LogP contribution in [0.25, 0.3) is 0 Å². The van der Waals surface area contributed by atoms with Crippen LogP contribution in [0.1, 0.15) is 69.8 Å². The molecule has 1 aromatic carbocycles. The number of carbonyl (C=O) groups is 2. The van der Waals surface area contributed by atoms with Gasteiger partial charge in [-0.3, -0.25) is 9.59 Å². The highest BCUT2D eigenvalue weighted by atomic mass is 16.2. The number of anilines is 1. The molecule has 1 aromatic rings. The molecule has 1 amide bonds. The quantitative estimate of drug-likeness (QED) is 0.836. The van der Waals surface area contributed by atoms with E-state index in [1.807, 2.05) is 24.3 Å². The van der Waals surface area contributed by atoms with E-state index in [-0.39, 0.29) is 17.7 Å². The molecule has 0 radical (unpaired) electrons. The lowest BCUT2D eigenvalue weighted by atomic mass is 9.84. The molecule has 0 unspecified atom stereocenters. The van der Waals surface area contributed by atoms with E-state index < -0.39 is 0 Å². The summed E-state index contributed by atoms with van der Waals surface area (Å²) in [7, 11) is 0. The zero-order valence-electron chi connectivity index (χ0n) is 14.6. The molecular formula is C21H29NO2. The number of benzene rings is 1. The average Bonchev–Trinajstić information content (AvgIpc) is 2.65. The molecule has 2 fully saturated rings. The van der Waals surface area contributed by atoms with Crippen LogP contribution in [-0.4, -0.2) is 11.7 Å². The van der Waals surface area contributed by atoms with Gasteiger partial charge in [-0.15, -0.1) is 0 Å². The molecule has 0 atom stereocenters. The number of Topliss-reactive ketones (excluding diaryl/α,β-unsaturated/α-hetero) is 1. The summed E-state index contributed by atoms with van der Waals surface area (Å²) in [5, 5.41) is 3.03. The van der Waals surface area contributed by atoms with E-state index in [1.54, 1.807) is 0 Å². The summed E-state index contributed by atoms with van der Waals surface area (Å²) in [5.74, 6) is 0.977. The first kappa shape index (κ1) is 17.2. The lowest BCUT2D eigenvalue weighted by Gasteiger charge is -2.21. The minimum atomic E-state index is 0.153. The largest absolute Gasteiger partial charge is 0.326 e. The number of carbonyl (C=O) groups excluding carboxylic acids is 2. The molecule has 24 heavy (non-hydrogen) atoms. The Labute approximate surface area is 145 Å². The Morgan fingerprint density at radius 3 is 1.92 bits per heavy atom. The van der Waals surface area contributed by atoms with Crippen molar-refractivity contribution in [1.82, 2.24) is 0 Å². The fraction of sp³-hybridized carbons (Fsp3) is 0.619. The third kappa shape index (κ3) is 4.68. The van der Waals surface area contributed by atoms with Crippen LogP contribution >= 0.6 is 0 Å². The molecule has 3 nitrogen and oxygen atoms in total. The molecule has 0 heterocycles. The zero-order chi connectivity index (χ0) is 16.8. The molecule has 0 saturated heterocycles. The Hall–Kier alpha value is -1.64. The molecule has 2 aliphatic rings. The van der Waals surface area contributed by atoms with E-state index in [0.29, 0.717) is 12.2 Å². The van der Waals surface area contributed by atoms with Crippen LogP contribution in [0.3, 0.4) is 0 Å². The average molecular weight is 327 g/mol. The molecule has 2 aliphatic carbocycles. The fourth-order valence-corrected chi connectivity index (χ4v) is 4.09. The lowest BCUT2D eigenvalue weighted by Crippen LogP contribution is -2.24. The third-order valence-corrected chi connectivity index (χ3v) is 5.64. The number of hydrogen-bond acceptors (Lipinski definition) is 2. The second-order valence-corrected chi connectivity index (χ2v) is 7.50. The molecule has 0 bridgehead atoms. The van der Waals surface area contributed by atoms with Crippen molar-refractivity contribution in [2.75, 3.05) is 5.32 Å². The van der Waals surface area contributed by atoms with E-state index in [0.717, 1.165) is 36.9 Å². The van der Waals surface area contributed by atoms with Gasteiger partial charge in [-0.1, -0.05) is 50.7 Å². The van der Waals surface area contributed by atoms with Crippen LogP contribution in [0.5, 0.6) is 0 Å². The van der Waals surface area contributed by atoms with Gasteiger partial charge in [0.2, 0.25) is 5.91 Å². The molecule has 2 saturated carbocycles. The van der Waals surface area contributed by atoms with Gasteiger partial charge >= 0.3 is 0 Å². The van der Waals surface area contributed by atoms with E-state index in [1.165, 1.54) is 38.5 Å². The van der Waals surface area contributed by atoms with E-state index in [9.17, 15) is 9.59 Å². The van der Waals surface area contributed by atoms with E-state index >= 15 is 0 Å². The van der Waals surface area contributed by atoms with E-state index in [4.69, 9.17) is 0 Å². The first-order valence-corrected chi connectivity index (χ1v) is 9.65. The van der Waals surface area contributed by atoms with Crippen molar-refractivity contribution in [2.45, 2.75) is 70.6 Å². The van der Waals surface area contributed by atoms with Crippen molar-refractivity contribution in [3.63, 3.8) is 0 Å². The maximum absolute atomic E-state index is 12.4. The Morgan fingerprint density at radius 2 is 1.33 bits per heavy atom. The molecule has 130 valence electrons. The van der Waals surface area contributed by atoms with Crippen molar-refractivity contribution in [3.05, 3.63) is 29.8 Å². The van der Waals surface area contributed by atoms with E-state index in [2.05, 4.69) is 5.32 Å². The van der Waals surface area contributed by atoms with Crippen LogP contribution in [0.4, 0.5) is 5.69 Å². The predicted octanol–water partition coefficient (Wildman–Crippen LogP) is 4.90. The van der Waals surface area contributed by atoms with Gasteiger partial charge in [0, 0.05) is 23.9 Å². The molecular weight excluding hydrogens is 298 g/mol. The molecule has 0 aliphatic heterocycles. The van der Waals surface area contributed by atoms with Crippen LogP contribution < -0.4 is 5.32 Å². The van der Waals surface area contributed by atoms with Gasteiger partial charge in [0.05, 0.1) is 0 Å². The summed E-state index contributed by atoms with van der Waals surface area (Å²) in [6.45, 7) is 0. The van der Waals surface area contributed by atoms with Gasteiger partial charge in [0.1, 0.15) is 5.78 Å². The summed E-state index contributed by atoms with van der Waals surface area (Å²) in [6, 6.07) is 7.84. The Morgan fingerprint density at radius 1 is 0.792 bits per heavy atom. The van der Waals surface area contributed by atoms with Gasteiger partial charge in [0.15, 0.2) is 0 Å². The highest BCUT2D eigenvalue weighted by Crippen LogP contribution is 2.26. The van der Waals surface area contributed by atoms with Gasteiger partial charge in [-0.25, -0.2) is 0 Å². The first-order chi connectivity index (χ1) is 11.7. The summed E-state index contributed by atoms with van der Waals surface area (Å²) in [4.78, 5) is 24.6. The normalized spacial score (nSPS) is 19.8. The predicted molar refractivity (Wildman–Crippen MR) is 96.9 cm³/mol. The molecule has 3 heteroatoms. The van der Waals surface area contributed by atoms with Crippen molar-refractivity contribution < 1.29 is 9.59 Å². The van der Waals surface area contributed by atoms with Gasteiger partial charge in [-0.05, 0) is 43.4 Å². The van der Waals surface area contributed by atoms with Gasteiger partial charge in [-0.2, -0.15) is 0 Å². The third-order valence-electron chi connectivity index (χ3n) is 5.64. The second-order valence-electron chi connectivity index (χ2n) is 7.50. The number of ketones is 1.